The lowest BCUT2D eigenvalue weighted by Gasteiger charge is -2.08. The summed E-state index contributed by atoms with van der Waals surface area (Å²) in [6.07, 6.45) is 1.07. The number of aromatic nitrogens is 1. The molecule has 0 aliphatic heterocycles. The quantitative estimate of drug-likeness (QED) is 0.917. The van der Waals surface area contributed by atoms with E-state index in [1.807, 2.05) is 0 Å². The Kier molecular flexibility index (Phi) is 4.01. The van der Waals surface area contributed by atoms with Crippen LogP contribution in [0.3, 0.4) is 0 Å². The van der Waals surface area contributed by atoms with Crippen molar-refractivity contribution in [3.63, 3.8) is 0 Å². The molecule has 102 valence electrons. The number of nitrogens with one attached hydrogen (secondary N) is 1. The van der Waals surface area contributed by atoms with Gasteiger partial charge in [0.1, 0.15) is 22.5 Å². The predicted molar refractivity (Wildman–Crippen MR) is 73.9 cm³/mol. The van der Waals surface area contributed by atoms with Crippen LogP contribution in [0.5, 0.6) is 0 Å². The van der Waals surface area contributed by atoms with Crippen molar-refractivity contribution in [3.05, 3.63) is 52.5 Å². The van der Waals surface area contributed by atoms with Crippen molar-refractivity contribution < 1.29 is 12.8 Å². The van der Waals surface area contributed by atoms with Crippen LogP contribution in [-0.2, 0) is 10.0 Å². The van der Waals surface area contributed by atoms with Crippen molar-refractivity contribution in [2.24, 2.45) is 0 Å². The van der Waals surface area contributed by atoms with Gasteiger partial charge in [0.05, 0.1) is 10.2 Å². The van der Waals surface area contributed by atoms with Crippen molar-refractivity contribution >= 4 is 31.6 Å². The van der Waals surface area contributed by atoms with Crippen LogP contribution in [0, 0.1) is 17.1 Å². The Morgan fingerprint density at radius 2 is 2.05 bits per heavy atom. The van der Waals surface area contributed by atoms with Crippen LogP contribution < -0.4 is 4.72 Å². The van der Waals surface area contributed by atoms with Crippen LogP contribution in [0.15, 0.2) is 45.9 Å². The molecule has 1 N–H and O–H groups in total. The molecule has 0 bridgehead atoms. The highest BCUT2D eigenvalue weighted by Crippen LogP contribution is 2.21. The van der Waals surface area contributed by atoms with E-state index >= 15 is 0 Å². The number of benzene rings is 1. The number of halogens is 2. The summed E-state index contributed by atoms with van der Waals surface area (Å²) < 4.78 is 39.8. The number of nitrogens with zero attached hydrogens (tertiary/aromatic N) is 2. The van der Waals surface area contributed by atoms with Gasteiger partial charge >= 0.3 is 0 Å². The maximum Gasteiger partial charge on any atom is 0.263 e. The SMILES string of the molecule is N#Cc1ccc(S(=O)(=O)Nc2ccc(Br)c(F)c2)cn1. The van der Waals surface area contributed by atoms with E-state index < -0.39 is 15.8 Å². The molecular formula is C12H7BrFN3O2S. The Morgan fingerprint density at radius 3 is 2.60 bits per heavy atom. The van der Waals surface area contributed by atoms with E-state index in [1.54, 1.807) is 6.07 Å². The number of rotatable bonds is 3. The van der Waals surface area contributed by atoms with Gasteiger partial charge in [-0.3, -0.25) is 4.72 Å². The van der Waals surface area contributed by atoms with E-state index in [2.05, 4.69) is 25.6 Å². The van der Waals surface area contributed by atoms with Gasteiger partial charge in [0.25, 0.3) is 10.0 Å². The standard InChI is InChI=1S/C12H7BrFN3O2S/c13-11-4-2-8(5-12(11)14)17-20(18,19)10-3-1-9(6-15)16-7-10/h1-5,7,17H. The minimum atomic E-state index is -3.87. The molecule has 0 radical (unpaired) electrons. The van der Waals surface area contributed by atoms with Gasteiger partial charge in [-0.15, -0.1) is 0 Å². The molecule has 0 aliphatic rings. The second-order valence-electron chi connectivity index (χ2n) is 3.73. The summed E-state index contributed by atoms with van der Waals surface area (Å²) in [5, 5.41) is 8.60. The van der Waals surface area contributed by atoms with E-state index in [4.69, 9.17) is 5.26 Å². The van der Waals surface area contributed by atoms with Gasteiger partial charge in [0.2, 0.25) is 0 Å². The molecule has 0 spiro atoms. The number of sulfonamides is 1. The average Bonchev–Trinajstić information content (AvgIpc) is 2.43. The summed E-state index contributed by atoms with van der Waals surface area (Å²) in [4.78, 5) is 3.56. The summed E-state index contributed by atoms with van der Waals surface area (Å²) >= 11 is 2.98. The van der Waals surface area contributed by atoms with Gasteiger partial charge < -0.3 is 0 Å². The fourth-order valence-corrected chi connectivity index (χ4v) is 2.62. The van der Waals surface area contributed by atoms with Gasteiger partial charge in [-0.05, 0) is 46.3 Å². The second kappa shape index (κ2) is 5.56. The number of hydrogen-bond donors (Lipinski definition) is 1. The smallest absolute Gasteiger partial charge is 0.263 e. The molecular weight excluding hydrogens is 349 g/mol. The lowest BCUT2D eigenvalue weighted by Crippen LogP contribution is -2.13. The van der Waals surface area contributed by atoms with E-state index in [0.717, 1.165) is 12.3 Å². The van der Waals surface area contributed by atoms with Gasteiger partial charge in [-0.1, -0.05) is 0 Å². The van der Waals surface area contributed by atoms with Gasteiger partial charge in [-0.25, -0.2) is 17.8 Å². The monoisotopic (exact) mass is 355 g/mol. The highest BCUT2D eigenvalue weighted by molar-refractivity contribution is 9.10. The topological polar surface area (TPSA) is 82.8 Å². The fourth-order valence-electron chi connectivity index (χ4n) is 1.38. The van der Waals surface area contributed by atoms with Crippen LogP contribution in [0.2, 0.25) is 0 Å². The van der Waals surface area contributed by atoms with Crippen LogP contribution >= 0.6 is 15.9 Å². The molecule has 0 amide bonds. The first kappa shape index (κ1) is 14.4. The Labute approximate surface area is 123 Å². The summed E-state index contributed by atoms with van der Waals surface area (Å²) in [6, 6.07) is 8.20. The molecule has 0 saturated heterocycles. The third-order valence-corrected chi connectivity index (χ3v) is 4.34. The zero-order valence-corrected chi connectivity index (χ0v) is 12.2. The van der Waals surface area contributed by atoms with E-state index in [-0.39, 0.29) is 20.7 Å². The van der Waals surface area contributed by atoms with E-state index in [0.29, 0.717) is 0 Å². The average molecular weight is 356 g/mol. The normalized spacial score (nSPS) is 10.8. The van der Waals surface area contributed by atoms with E-state index in [1.165, 1.54) is 24.3 Å². The summed E-state index contributed by atoms with van der Waals surface area (Å²) in [5.74, 6) is -0.580. The molecule has 1 heterocycles. The van der Waals surface area contributed by atoms with Gasteiger partial charge in [0, 0.05) is 6.20 Å². The highest BCUT2D eigenvalue weighted by atomic mass is 79.9. The predicted octanol–water partition coefficient (Wildman–Crippen LogP) is 2.66. The first-order valence-electron chi connectivity index (χ1n) is 5.26. The van der Waals surface area contributed by atoms with Crippen LogP contribution in [0.1, 0.15) is 5.69 Å². The molecule has 5 nitrogen and oxygen atoms in total. The zero-order chi connectivity index (χ0) is 14.8. The molecule has 0 aliphatic carbocycles. The number of anilines is 1. The maximum atomic E-state index is 13.3. The van der Waals surface area contributed by atoms with Crippen molar-refractivity contribution in [2.75, 3.05) is 4.72 Å². The number of pyridine rings is 1. The Hall–Kier alpha value is -1.98. The Bertz CT molecular complexity index is 785. The Balaban J connectivity index is 2.30. The minimum Gasteiger partial charge on any atom is -0.279 e. The third kappa shape index (κ3) is 3.12. The van der Waals surface area contributed by atoms with Crippen molar-refractivity contribution in [1.29, 1.82) is 5.26 Å². The van der Waals surface area contributed by atoms with Crippen LogP contribution in [0.4, 0.5) is 10.1 Å². The molecule has 8 heteroatoms. The lowest BCUT2D eigenvalue weighted by atomic mass is 10.3. The molecule has 0 unspecified atom stereocenters. The van der Waals surface area contributed by atoms with Crippen molar-refractivity contribution in [3.8, 4) is 6.07 Å². The molecule has 0 saturated carbocycles. The van der Waals surface area contributed by atoms with Gasteiger partial charge in [-0.2, -0.15) is 5.26 Å². The fraction of sp³-hybridized carbons (Fsp3) is 0. The minimum absolute atomic E-state index is 0.0926. The van der Waals surface area contributed by atoms with Gasteiger partial charge in [0.15, 0.2) is 0 Å². The second-order valence-corrected chi connectivity index (χ2v) is 6.26. The van der Waals surface area contributed by atoms with Crippen LogP contribution in [0.25, 0.3) is 0 Å². The third-order valence-electron chi connectivity index (χ3n) is 2.33. The molecule has 2 rings (SSSR count). The summed E-state index contributed by atoms with van der Waals surface area (Å²) in [5.41, 5.74) is 0.202. The molecule has 2 aromatic rings. The van der Waals surface area contributed by atoms with Crippen molar-refractivity contribution in [1.82, 2.24) is 4.98 Å². The first-order valence-corrected chi connectivity index (χ1v) is 7.54. The lowest BCUT2D eigenvalue weighted by molar-refractivity contribution is 0.600. The molecule has 0 fully saturated rings. The molecule has 0 atom stereocenters. The summed E-state index contributed by atoms with van der Waals surface area (Å²) in [6.45, 7) is 0. The molecule has 1 aromatic carbocycles. The van der Waals surface area contributed by atoms with E-state index in [9.17, 15) is 12.8 Å². The highest BCUT2D eigenvalue weighted by Gasteiger charge is 2.15. The summed E-state index contributed by atoms with van der Waals surface area (Å²) in [7, 11) is -3.87. The van der Waals surface area contributed by atoms with Crippen molar-refractivity contribution in [2.45, 2.75) is 4.90 Å². The number of hydrogen-bond acceptors (Lipinski definition) is 4. The largest absolute Gasteiger partial charge is 0.279 e. The molecule has 20 heavy (non-hydrogen) atoms. The molecule has 1 aromatic heterocycles. The number of nitriles is 1. The maximum absolute atomic E-state index is 13.3. The first-order chi connectivity index (χ1) is 9.42. The van der Waals surface area contributed by atoms with Crippen LogP contribution in [-0.4, -0.2) is 13.4 Å². The Morgan fingerprint density at radius 1 is 1.30 bits per heavy atom. The zero-order valence-electron chi connectivity index (χ0n) is 9.84.